The largest absolute Gasteiger partial charge is 0.233 e. The van der Waals surface area contributed by atoms with Crippen LogP contribution in [0.1, 0.15) is 5.69 Å². The molecule has 0 aliphatic carbocycles. The first-order chi connectivity index (χ1) is 10.1. The van der Waals surface area contributed by atoms with Crippen molar-refractivity contribution < 1.29 is 4.39 Å². The predicted octanol–water partition coefficient (Wildman–Crippen LogP) is 3.91. The molecule has 9 heteroatoms. The van der Waals surface area contributed by atoms with E-state index >= 15 is 0 Å². The number of H-pyrrole nitrogens is 1. The van der Waals surface area contributed by atoms with Gasteiger partial charge < -0.3 is 0 Å². The van der Waals surface area contributed by atoms with E-state index in [1.54, 1.807) is 6.07 Å². The van der Waals surface area contributed by atoms with Crippen molar-refractivity contribution in [2.45, 2.75) is 0 Å². The molecule has 1 N–H and O–H groups in total. The summed E-state index contributed by atoms with van der Waals surface area (Å²) in [6.07, 6.45) is 0. The fourth-order valence-corrected chi connectivity index (χ4v) is 3.00. The van der Waals surface area contributed by atoms with Crippen LogP contribution in [0.5, 0.6) is 0 Å². The summed E-state index contributed by atoms with van der Waals surface area (Å²) in [6.45, 7) is 0. The maximum absolute atomic E-state index is 13.2. The van der Waals surface area contributed by atoms with Gasteiger partial charge in [-0.25, -0.2) is 9.37 Å². The molecule has 0 fully saturated rings. The molecule has 0 radical (unpaired) electrons. The Labute approximate surface area is 132 Å². The smallest absolute Gasteiger partial charge is 0.192 e. The average Bonchev–Trinajstić information content (AvgIpc) is 3.07. The van der Waals surface area contributed by atoms with Gasteiger partial charge in [0.05, 0.1) is 5.02 Å². The van der Waals surface area contributed by atoms with Crippen LogP contribution >= 0.6 is 34.5 Å². The Bertz CT molecular complexity index is 867. The van der Waals surface area contributed by atoms with Gasteiger partial charge in [0.1, 0.15) is 26.9 Å². The third-order valence-corrected chi connectivity index (χ3v) is 4.22. The van der Waals surface area contributed by atoms with E-state index in [1.165, 1.54) is 23.5 Å². The van der Waals surface area contributed by atoms with Gasteiger partial charge in [-0.05, 0) is 18.2 Å². The lowest BCUT2D eigenvalue weighted by molar-refractivity contribution is 0.628. The van der Waals surface area contributed by atoms with E-state index in [1.807, 2.05) is 6.07 Å². The second-order valence-electron chi connectivity index (χ2n) is 3.90. The Hall–Kier alpha value is -2.01. The summed E-state index contributed by atoms with van der Waals surface area (Å²) in [5.41, 5.74) is 1.35. The van der Waals surface area contributed by atoms with Gasteiger partial charge in [0.25, 0.3) is 0 Å². The number of benzene rings is 1. The molecule has 0 amide bonds. The van der Waals surface area contributed by atoms with Crippen molar-refractivity contribution >= 4 is 34.5 Å². The minimum absolute atomic E-state index is 0.000442. The van der Waals surface area contributed by atoms with E-state index < -0.39 is 5.82 Å². The van der Waals surface area contributed by atoms with Crippen molar-refractivity contribution in [2.75, 3.05) is 0 Å². The maximum Gasteiger partial charge on any atom is 0.192 e. The van der Waals surface area contributed by atoms with Gasteiger partial charge >= 0.3 is 0 Å². The molecule has 0 atom stereocenters. The van der Waals surface area contributed by atoms with E-state index in [0.717, 1.165) is 0 Å². The predicted molar refractivity (Wildman–Crippen MR) is 77.6 cm³/mol. The molecular formula is C12H4Cl2FN5S. The standard InChI is InChI=1S/C12H4Cl2FN5S/c13-6-3-5(1-2-7(6)15)12-17-10(11(14)21-12)9-8(4-16)18-20-19-9/h1-3H,(H,18,19,20). The molecule has 2 aromatic heterocycles. The normalized spacial score (nSPS) is 10.6. The Kier molecular flexibility index (Phi) is 3.59. The van der Waals surface area contributed by atoms with E-state index in [2.05, 4.69) is 20.4 Å². The summed E-state index contributed by atoms with van der Waals surface area (Å²) in [6, 6.07) is 6.16. The molecule has 1 aromatic carbocycles. The minimum atomic E-state index is -0.508. The molecule has 0 saturated carbocycles. The van der Waals surface area contributed by atoms with Gasteiger partial charge in [0.2, 0.25) is 0 Å². The first kappa shape index (κ1) is 13.9. The van der Waals surface area contributed by atoms with Gasteiger partial charge in [-0.2, -0.15) is 15.6 Å². The Morgan fingerprint density at radius 1 is 1.24 bits per heavy atom. The zero-order valence-corrected chi connectivity index (χ0v) is 12.4. The van der Waals surface area contributed by atoms with Gasteiger partial charge in [-0.15, -0.1) is 16.4 Å². The summed E-state index contributed by atoms with van der Waals surface area (Å²) in [5.74, 6) is -0.508. The number of halogens is 3. The Morgan fingerprint density at radius 2 is 2.05 bits per heavy atom. The topological polar surface area (TPSA) is 78.2 Å². The van der Waals surface area contributed by atoms with Gasteiger partial charge in [-0.3, -0.25) is 0 Å². The van der Waals surface area contributed by atoms with E-state index in [9.17, 15) is 4.39 Å². The molecule has 5 nitrogen and oxygen atoms in total. The summed E-state index contributed by atoms with van der Waals surface area (Å²) in [7, 11) is 0. The fraction of sp³-hybridized carbons (Fsp3) is 0. The Balaban J connectivity index is 2.10. The quantitative estimate of drug-likeness (QED) is 0.767. The molecule has 3 rings (SSSR count). The van der Waals surface area contributed by atoms with Crippen LogP contribution in [0.3, 0.4) is 0 Å². The highest BCUT2D eigenvalue weighted by Gasteiger charge is 2.19. The number of hydrogen-bond acceptors (Lipinski definition) is 5. The van der Waals surface area contributed by atoms with Crippen LogP contribution in [-0.4, -0.2) is 20.4 Å². The fourth-order valence-electron chi connectivity index (χ4n) is 1.67. The molecule has 3 aromatic rings. The molecule has 2 heterocycles. The van der Waals surface area contributed by atoms with E-state index in [-0.39, 0.29) is 16.4 Å². The number of rotatable bonds is 2. The van der Waals surface area contributed by atoms with Crippen LogP contribution < -0.4 is 0 Å². The number of thiazole rings is 1. The molecule has 0 aliphatic rings. The second kappa shape index (κ2) is 5.41. The molecule has 21 heavy (non-hydrogen) atoms. The van der Waals surface area contributed by atoms with Crippen molar-refractivity contribution in [1.82, 2.24) is 20.4 Å². The highest BCUT2D eigenvalue weighted by Crippen LogP contribution is 2.38. The third-order valence-electron chi connectivity index (χ3n) is 2.63. The lowest BCUT2D eigenvalue weighted by Crippen LogP contribution is -1.85. The van der Waals surface area contributed by atoms with Gasteiger partial charge in [0, 0.05) is 5.56 Å². The first-order valence-electron chi connectivity index (χ1n) is 5.53. The van der Waals surface area contributed by atoms with E-state index in [0.29, 0.717) is 20.6 Å². The molecule has 0 spiro atoms. The van der Waals surface area contributed by atoms with Crippen LogP contribution in [0.4, 0.5) is 4.39 Å². The highest BCUT2D eigenvalue weighted by molar-refractivity contribution is 7.19. The monoisotopic (exact) mass is 339 g/mol. The van der Waals surface area contributed by atoms with Crippen molar-refractivity contribution in [3.63, 3.8) is 0 Å². The minimum Gasteiger partial charge on any atom is -0.233 e. The molecule has 0 unspecified atom stereocenters. The van der Waals surface area contributed by atoms with Crippen molar-refractivity contribution in [3.05, 3.63) is 39.1 Å². The van der Waals surface area contributed by atoms with Crippen LogP contribution in [0.15, 0.2) is 18.2 Å². The van der Waals surface area contributed by atoms with Crippen LogP contribution in [-0.2, 0) is 0 Å². The van der Waals surface area contributed by atoms with Crippen molar-refractivity contribution in [3.8, 4) is 28.0 Å². The SMILES string of the molecule is N#Cc1n[nH]nc1-c1nc(-c2ccc(F)c(Cl)c2)sc1Cl. The molecule has 0 aliphatic heterocycles. The molecule has 0 saturated heterocycles. The summed E-state index contributed by atoms with van der Waals surface area (Å²) < 4.78 is 13.5. The highest BCUT2D eigenvalue weighted by atomic mass is 35.5. The average molecular weight is 340 g/mol. The number of aromatic amines is 1. The number of nitrogens with one attached hydrogen (secondary N) is 1. The zero-order chi connectivity index (χ0) is 15.0. The van der Waals surface area contributed by atoms with Crippen molar-refractivity contribution in [1.29, 1.82) is 5.26 Å². The van der Waals surface area contributed by atoms with Crippen molar-refractivity contribution in [2.24, 2.45) is 0 Å². The molecule has 0 bridgehead atoms. The van der Waals surface area contributed by atoms with Gasteiger partial charge in [0.15, 0.2) is 11.4 Å². The van der Waals surface area contributed by atoms with Crippen LogP contribution in [0.25, 0.3) is 22.0 Å². The lowest BCUT2D eigenvalue weighted by Gasteiger charge is -1.98. The number of nitriles is 1. The number of aromatic nitrogens is 4. The van der Waals surface area contributed by atoms with Gasteiger partial charge in [-0.1, -0.05) is 23.2 Å². The zero-order valence-electron chi connectivity index (χ0n) is 10.1. The van der Waals surface area contributed by atoms with Crippen LogP contribution in [0, 0.1) is 17.1 Å². The number of hydrogen-bond donors (Lipinski definition) is 1. The van der Waals surface area contributed by atoms with E-state index in [4.69, 9.17) is 28.5 Å². The second-order valence-corrected chi connectivity index (χ2v) is 5.91. The van der Waals surface area contributed by atoms with Crippen LogP contribution in [0.2, 0.25) is 9.36 Å². The number of nitrogens with zero attached hydrogens (tertiary/aromatic N) is 4. The lowest BCUT2D eigenvalue weighted by atomic mass is 10.2. The first-order valence-corrected chi connectivity index (χ1v) is 7.10. The maximum atomic E-state index is 13.2. The summed E-state index contributed by atoms with van der Waals surface area (Å²) >= 11 is 13.1. The molecule has 104 valence electrons. The summed E-state index contributed by atoms with van der Waals surface area (Å²) in [5, 5.41) is 19.4. The Morgan fingerprint density at radius 3 is 2.76 bits per heavy atom. The summed E-state index contributed by atoms with van der Waals surface area (Å²) in [4.78, 5) is 4.33. The third kappa shape index (κ3) is 2.49. The molecular weight excluding hydrogens is 336 g/mol.